The number of carbonyl (C=O) groups excluding carboxylic acids is 1. The average molecular weight is 306 g/mol. The summed E-state index contributed by atoms with van der Waals surface area (Å²) in [5.74, 6) is 0. The lowest BCUT2D eigenvalue weighted by Gasteiger charge is -2.36. The second-order valence-electron chi connectivity index (χ2n) is 5.51. The molecule has 0 radical (unpaired) electrons. The van der Waals surface area contributed by atoms with Gasteiger partial charge in [-0.15, -0.1) is 0 Å². The Kier molecular flexibility index (Phi) is 5.19. The van der Waals surface area contributed by atoms with E-state index in [1.54, 1.807) is 12.1 Å². The molecule has 1 aliphatic rings. The Bertz CT molecular complexity index is 524. The van der Waals surface area contributed by atoms with Crippen molar-refractivity contribution in [2.24, 2.45) is 0 Å². The number of carbonyl (C=O) groups is 1. The molecule has 0 saturated carbocycles. The van der Waals surface area contributed by atoms with E-state index in [-0.39, 0.29) is 17.8 Å². The topological polar surface area (TPSA) is 78.7 Å². The van der Waals surface area contributed by atoms with Crippen LogP contribution in [0, 0.1) is 10.1 Å². The van der Waals surface area contributed by atoms with E-state index in [0.29, 0.717) is 13.1 Å². The number of non-ortho nitro benzene ring substituents is 1. The van der Waals surface area contributed by atoms with E-state index in [1.807, 2.05) is 18.7 Å². The van der Waals surface area contributed by atoms with E-state index in [4.69, 9.17) is 0 Å². The Balaban J connectivity index is 1.89. The summed E-state index contributed by atoms with van der Waals surface area (Å²) in [6, 6.07) is 6.70. The SMILES string of the molecule is CCC(C)NC(=O)N1CCN(c2ccc([N+](=O)[O-])cc2)CC1. The van der Waals surface area contributed by atoms with Crippen LogP contribution in [-0.4, -0.2) is 48.1 Å². The monoisotopic (exact) mass is 306 g/mol. The number of amides is 2. The summed E-state index contributed by atoms with van der Waals surface area (Å²) in [4.78, 5) is 26.3. The molecule has 1 unspecified atom stereocenters. The van der Waals surface area contributed by atoms with Crippen molar-refractivity contribution in [2.75, 3.05) is 31.1 Å². The Morgan fingerprint density at radius 2 is 1.86 bits per heavy atom. The zero-order chi connectivity index (χ0) is 16.1. The molecule has 1 atom stereocenters. The number of rotatable bonds is 4. The van der Waals surface area contributed by atoms with E-state index < -0.39 is 4.92 Å². The number of benzene rings is 1. The molecule has 2 rings (SSSR count). The van der Waals surface area contributed by atoms with Crippen LogP contribution in [0.4, 0.5) is 16.2 Å². The number of urea groups is 1. The van der Waals surface area contributed by atoms with Crippen LogP contribution in [0.15, 0.2) is 24.3 Å². The van der Waals surface area contributed by atoms with E-state index >= 15 is 0 Å². The standard InChI is InChI=1S/C15H22N4O3/c1-3-12(2)16-15(20)18-10-8-17(9-11-18)13-4-6-14(7-5-13)19(21)22/h4-7,12H,3,8-11H2,1-2H3,(H,16,20). The van der Waals surface area contributed by atoms with Gasteiger partial charge in [0.1, 0.15) is 0 Å². The van der Waals surface area contributed by atoms with E-state index in [2.05, 4.69) is 10.2 Å². The summed E-state index contributed by atoms with van der Waals surface area (Å²) >= 11 is 0. The molecule has 0 bridgehead atoms. The van der Waals surface area contributed by atoms with Gasteiger partial charge in [0.15, 0.2) is 0 Å². The molecule has 1 aliphatic heterocycles. The maximum absolute atomic E-state index is 12.1. The van der Waals surface area contributed by atoms with E-state index in [9.17, 15) is 14.9 Å². The fourth-order valence-electron chi connectivity index (χ4n) is 2.36. The molecule has 22 heavy (non-hydrogen) atoms. The molecule has 0 aliphatic carbocycles. The Morgan fingerprint density at radius 1 is 1.27 bits per heavy atom. The van der Waals surface area contributed by atoms with Crippen LogP contribution in [0.1, 0.15) is 20.3 Å². The number of nitro benzene ring substituents is 1. The number of anilines is 1. The first kappa shape index (κ1) is 16.1. The quantitative estimate of drug-likeness (QED) is 0.683. The minimum Gasteiger partial charge on any atom is -0.368 e. The average Bonchev–Trinajstić information content (AvgIpc) is 2.55. The summed E-state index contributed by atoms with van der Waals surface area (Å²) < 4.78 is 0. The molecule has 1 aromatic carbocycles. The van der Waals surface area contributed by atoms with Crippen molar-refractivity contribution in [1.29, 1.82) is 0 Å². The fourth-order valence-corrected chi connectivity index (χ4v) is 2.36. The highest BCUT2D eigenvalue weighted by molar-refractivity contribution is 5.74. The van der Waals surface area contributed by atoms with Gasteiger partial charge < -0.3 is 15.1 Å². The highest BCUT2D eigenvalue weighted by Crippen LogP contribution is 2.20. The minimum atomic E-state index is -0.402. The van der Waals surface area contributed by atoms with Gasteiger partial charge in [0.25, 0.3) is 5.69 Å². The lowest BCUT2D eigenvalue weighted by atomic mass is 10.2. The van der Waals surface area contributed by atoms with Gasteiger partial charge in [0.05, 0.1) is 4.92 Å². The van der Waals surface area contributed by atoms with Gasteiger partial charge >= 0.3 is 6.03 Å². The highest BCUT2D eigenvalue weighted by atomic mass is 16.6. The number of piperazine rings is 1. The zero-order valence-corrected chi connectivity index (χ0v) is 13.0. The maximum Gasteiger partial charge on any atom is 0.317 e. The molecular weight excluding hydrogens is 284 g/mol. The third-order valence-corrected chi connectivity index (χ3v) is 3.97. The van der Waals surface area contributed by atoms with Crippen molar-refractivity contribution in [3.63, 3.8) is 0 Å². The summed E-state index contributed by atoms with van der Waals surface area (Å²) in [7, 11) is 0. The number of nitro groups is 1. The summed E-state index contributed by atoms with van der Waals surface area (Å²) in [5.41, 5.74) is 1.04. The van der Waals surface area contributed by atoms with Crippen LogP contribution >= 0.6 is 0 Å². The predicted octanol–water partition coefficient (Wildman–Crippen LogP) is 2.22. The van der Waals surface area contributed by atoms with Crippen LogP contribution in [0.5, 0.6) is 0 Å². The Morgan fingerprint density at radius 3 is 2.36 bits per heavy atom. The second-order valence-corrected chi connectivity index (χ2v) is 5.51. The van der Waals surface area contributed by atoms with Crippen LogP contribution in [0.3, 0.4) is 0 Å². The lowest BCUT2D eigenvalue weighted by Crippen LogP contribution is -2.53. The molecule has 0 aromatic heterocycles. The molecule has 2 amide bonds. The van der Waals surface area contributed by atoms with Gasteiger partial charge in [-0.05, 0) is 25.5 Å². The molecule has 7 heteroatoms. The highest BCUT2D eigenvalue weighted by Gasteiger charge is 2.22. The maximum atomic E-state index is 12.1. The summed E-state index contributed by atoms with van der Waals surface area (Å²) in [6.07, 6.45) is 0.911. The first-order chi connectivity index (χ1) is 10.5. The normalized spacial score (nSPS) is 16.3. The van der Waals surface area contributed by atoms with Crippen LogP contribution in [0.25, 0.3) is 0 Å². The molecule has 1 heterocycles. The Hall–Kier alpha value is -2.31. The van der Waals surface area contributed by atoms with Crippen molar-refractivity contribution in [3.8, 4) is 0 Å². The van der Waals surface area contributed by atoms with Crippen molar-refractivity contribution >= 4 is 17.4 Å². The smallest absolute Gasteiger partial charge is 0.317 e. The molecule has 1 fully saturated rings. The predicted molar refractivity (Wildman–Crippen MR) is 85.2 cm³/mol. The third-order valence-electron chi connectivity index (χ3n) is 3.97. The largest absolute Gasteiger partial charge is 0.368 e. The molecule has 0 spiro atoms. The van der Waals surface area contributed by atoms with Crippen LogP contribution in [-0.2, 0) is 0 Å². The second kappa shape index (κ2) is 7.11. The number of hydrogen-bond donors (Lipinski definition) is 1. The fraction of sp³-hybridized carbons (Fsp3) is 0.533. The molecule has 1 saturated heterocycles. The molecular formula is C15H22N4O3. The number of nitrogens with zero attached hydrogens (tertiary/aromatic N) is 3. The molecule has 1 N–H and O–H groups in total. The van der Waals surface area contributed by atoms with Crippen molar-refractivity contribution < 1.29 is 9.72 Å². The van der Waals surface area contributed by atoms with Crippen molar-refractivity contribution in [1.82, 2.24) is 10.2 Å². The summed E-state index contributed by atoms with van der Waals surface area (Å²) in [5, 5.41) is 13.6. The van der Waals surface area contributed by atoms with E-state index in [0.717, 1.165) is 25.2 Å². The first-order valence-corrected chi connectivity index (χ1v) is 7.56. The third kappa shape index (κ3) is 3.87. The van der Waals surface area contributed by atoms with Gasteiger partial charge in [0, 0.05) is 50.0 Å². The van der Waals surface area contributed by atoms with Crippen molar-refractivity contribution in [2.45, 2.75) is 26.3 Å². The van der Waals surface area contributed by atoms with E-state index in [1.165, 1.54) is 12.1 Å². The number of hydrogen-bond acceptors (Lipinski definition) is 4. The number of nitrogens with one attached hydrogen (secondary N) is 1. The van der Waals surface area contributed by atoms with Gasteiger partial charge in [0.2, 0.25) is 0 Å². The zero-order valence-electron chi connectivity index (χ0n) is 13.0. The van der Waals surface area contributed by atoms with Crippen molar-refractivity contribution in [3.05, 3.63) is 34.4 Å². The molecule has 1 aromatic rings. The molecule has 120 valence electrons. The van der Waals surface area contributed by atoms with Crippen LogP contribution < -0.4 is 10.2 Å². The van der Waals surface area contributed by atoms with Crippen LogP contribution in [0.2, 0.25) is 0 Å². The van der Waals surface area contributed by atoms with Gasteiger partial charge in [-0.25, -0.2) is 4.79 Å². The minimum absolute atomic E-state index is 0.0160. The first-order valence-electron chi connectivity index (χ1n) is 7.56. The van der Waals surface area contributed by atoms with Gasteiger partial charge in [-0.1, -0.05) is 6.92 Å². The Labute approximate surface area is 130 Å². The van der Waals surface area contributed by atoms with Gasteiger partial charge in [-0.2, -0.15) is 0 Å². The molecule has 7 nitrogen and oxygen atoms in total. The van der Waals surface area contributed by atoms with Gasteiger partial charge in [-0.3, -0.25) is 10.1 Å². The lowest BCUT2D eigenvalue weighted by molar-refractivity contribution is -0.384. The summed E-state index contributed by atoms with van der Waals surface area (Å²) in [6.45, 7) is 6.79.